The van der Waals surface area contributed by atoms with Gasteiger partial charge in [-0.3, -0.25) is 9.59 Å². The molecule has 0 aromatic carbocycles. The molecule has 0 unspecified atom stereocenters. The van der Waals surface area contributed by atoms with Gasteiger partial charge in [-0.25, -0.2) is 8.42 Å². The standard InChI is InChI=1S/C26H42N4O6S/c1-18(2)15-22(27-24(32)16-20-9-5-4-6-10-20)26(33)28-21-13-12-19(3)30(17-23(21)31)37(35,36)25-11-7-8-14-29(25)34/h7-8,11,14,18-23,31H,4-6,9-10,12-13,15-17H2,1-3H3,(H,27,32)(H,28,33)/t19-,21+,22+,23+/m1/s1. The fraction of sp³-hybridized carbons (Fsp3) is 0.731. The van der Waals surface area contributed by atoms with E-state index in [1.54, 1.807) is 6.92 Å². The summed E-state index contributed by atoms with van der Waals surface area (Å²) >= 11 is 0. The number of nitrogens with one attached hydrogen (secondary N) is 2. The van der Waals surface area contributed by atoms with Gasteiger partial charge < -0.3 is 20.9 Å². The average Bonchev–Trinajstić information content (AvgIpc) is 2.98. The third-order valence-electron chi connectivity index (χ3n) is 7.47. The number of pyridine rings is 1. The highest BCUT2D eigenvalue weighted by atomic mass is 32.2. The van der Waals surface area contributed by atoms with Gasteiger partial charge in [-0.05, 0) is 56.9 Å². The summed E-state index contributed by atoms with van der Waals surface area (Å²) in [5.41, 5.74) is 0. The molecule has 3 rings (SSSR count). The average molecular weight is 539 g/mol. The molecule has 2 fully saturated rings. The van der Waals surface area contributed by atoms with Crippen LogP contribution in [-0.2, 0) is 19.6 Å². The van der Waals surface area contributed by atoms with E-state index in [0.717, 1.165) is 36.2 Å². The van der Waals surface area contributed by atoms with Crippen molar-refractivity contribution >= 4 is 21.8 Å². The number of hydrogen-bond donors (Lipinski definition) is 3. The number of carbonyl (C=O) groups excluding carboxylic acids is 2. The van der Waals surface area contributed by atoms with E-state index in [-0.39, 0.29) is 24.3 Å². The molecule has 1 aliphatic carbocycles. The Morgan fingerprint density at radius 1 is 1.16 bits per heavy atom. The molecular weight excluding hydrogens is 496 g/mol. The van der Waals surface area contributed by atoms with Crippen LogP contribution in [0.1, 0.15) is 78.6 Å². The molecule has 2 amide bonds. The monoisotopic (exact) mass is 538 g/mol. The molecule has 0 bridgehead atoms. The first-order valence-electron chi connectivity index (χ1n) is 13.5. The van der Waals surface area contributed by atoms with Crippen LogP contribution >= 0.6 is 0 Å². The number of rotatable bonds is 9. The summed E-state index contributed by atoms with van der Waals surface area (Å²) < 4.78 is 27.9. The minimum atomic E-state index is -4.16. The Balaban J connectivity index is 1.67. The highest BCUT2D eigenvalue weighted by molar-refractivity contribution is 7.89. The van der Waals surface area contributed by atoms with Gasteiger partial charge in [0.25, 0.3) is 0 Å². The first kappa shape index (κ1) is 29.3. The fourth-order valence-corrected chi connectivity index (χ4v) is 7.08. The van der Waals surface area contributed by atoms with E-state index in [1.165, 1.54) is 24.6 Å². The van der Waals surface area contributed by atoms with Gasteiger partial charge >= 0.3 is 15.0 Å². The van der Waals surface area contributed by atoms with Gasteiger partial charge in [0, 0.05) is 31.1 Å². The zero-order valence-corrected chi connectivity index (χ0v) is 23.0. The third-order valence-corrected chi connectivity index (χ3v) is 9.44. The van der Waals surface area contributed by atoms with Crippen molar-refractivity contribution in [1.82, 2.24) is 14.9 Å². The zero-order valence-electron chi connectivity index (χ0n) is 22.1. The van der Waals surface area contributed by atoms with Crippen LogP contribution in [0.2, 0.25) is 0 Å². The van der Waals surface area contributed by atoms with Gasteiger partial charge in [-0.2, -0.15) is 9.04 Å². The molecule has 4 atom stereocenters. The molecule has 3 N–H and O–H groups in total. The van der Waals surface area contributed by atoms with Crippen LogP contribution in [0, 0.1) is 17.0 Å². The Hall–Kier alpha value is -2.24. The zero-order chi connectivity index (χ0) is 27.2. The number of aromatic nitrogens is 1. The normalized spacial score (nSPS) is 24.8. The van der Waals surface area contributed by atoms with Crippen molar-refractivity contribution in [3.05, 3.63) is 29.6 Å². The van der Waals surface area contributed by atoms with Crippen LogP contribution in [0.15, 0.2) is 29.4 Å². The predicted octanol–water partition coefficient (Wildman–Crippen LogP) is 1.84. The summed E-state index contributed by atoms with van der Waals surface area (Å²) in [7, 11) is -4.16. The number of nitrogens with zero attached hydrogens (tertiary/aromatic N) is 2. The molecule has 10 nitrogen and oxygen atoms in total. The lowest BCUT2D eigenvalue weighted by atomic mass is 9.86. The van der Waals surface area contributed by atoms with E-state index in [1.807, 2.05) is 13.8 Å². The Morgan fingerprint density at radius 2 is 1.86 bits per heavy atom. The van der Waals surface area contributed by atoms with Crippen LogP contribution in [0.3, 0.4) is 0 Å². The molecule has 37 heavy (non-hydrogen) atoms. The SMILES string of the molecule is CC(C)C[C@H](NC(=O)CC1CCCCC1)C(=O)N[C@H]1CC[C@@H](C)N(S(=O)(=O)c2cccc[n+]2[O-])C[C@@H]1O. The van der Waals surface area contributed by atoms with Gasteiger partial charge in [0.05, 0.1) is 12.1 Å². The van der Waals surface area contributed by atoms with E-state index in [0.29, 0.717) is 36.3 Å². The number of hydrogen-bond acceptors (Lipinski definition) is 6. The van der Waals surface area contributed by atoms with Gasteiger partial charge in [-0.1, -0.05) is 33.1 Å². The van der Waals surface area contributed by atoms with Crippen molar-refractivity contribution in [1.29, 1.82) is 0 Å². The first-order chi connectivity index (χ1) is 17.5. The second-order valence-corrected chi connectivity index (χ2v) is 12.8. The first-order valence-corrected chi connectivity index (χ1v) is 14.9. The molecular formula is C26H42N4O6S. The molecule has 2 heterocycles. The fourth-order valence-electron chi connectivity index (χ4n) is 5.38. The second kappa shape index (κ2) is 13.0. The van der Waals surface area contributed by atoms with E-state index in [4.69, 9.17) is 0 Å². The van der Waals surface area contributed by atoms with Gasteiger partial charge in [0.1, 0.15) is 6.04 Å². The summed E-state index contributed by atoms with van der Waals surface area (Å²) in [6, 6.07) is 2.25. The van der Waals surface area contributed by atoms with Crippen molar-refractivity contribution in [3.63, 3.8) is 0 Å². The summed E-state index contributed by atoms with van der Waals surface area (Å²) in [6.07, 6.45) is 7.11. The molecule has 1 aromatic rings. The molecule has 1 saturated carbocycles. The van der Waals surface area contributed by atoms with Crippen LogP contribution < -0.4 is 15.4 Å². The number of aliphatic hydroxyl groups excluding tert-OH is 1. The van der Waals surface area contributed by atoms with Crippen LogP contribution in [-0.4, -0.2) is 60.4 Å². The molecule has 0 spiro atoms. The summed E-state index contributed by atoms with van der Waals surface area (Å²) in [6.45, 7) is 5.42. The Labute approximate surface area is 220 Å². The smallest absolute Gasteiger partial charge is 0.323 e. The van der Waals surface area contributed by atoms with E-state index in [2.05, 4.69) is 10.6 Å². The maximum atomic E-state index is 13.2. The predicted molar refractivity (Wildman–Crippen MR) is 139 cm³/mol. The Morgan fingerprint density at radius 3 is 2.51 bits per heavy atom. The number of aliphatic hydroxyl groups is 1. The molecule has 1 saturated heterocycles. The molecule has 0 radical (unpaired) electrons. The minimum absolute atomic E-state index is 0.131. The highest BCUT2D eigenvalue weighted by Gasteiger charge is 2.40. The largest absolute Gasteiger partial charge is 0.618 e. The third kappa shape index (κ3) is 7.87. The molecule has 1 aliphatic heterocycles. The van der Waals surface area contributed by atoms with Crippen molar-refractivity contribution in [2.45, 2.75) is 108 Å². The van der Waals surface area contributed by atoms with Crippen LogP contribution in [0.5, 0.6) is 0 Å². The topological polar surface area (TPSA) is 143 Å². The Kier molecular flexibility index (Phi) is 10.3. The summed E-state index contributed by atoms with van der Waals surface area (Å²) in [4.78, 5) is 26.0. The van der Waals surface area contributed by atoms with E-state index >= 15 is 0 Å². The van der Waals surface area contributed by atoms with Crippen LogP contribution in [0.4, 0.5) is 0 Å². The maximum Gasteiger partial charge on any atom is 0.323 e. The van der Waals surface area contributed by atoms with Gasteiger partial charge in [0.15, 0.2) is 6.20 Å². The number of sulfonamides is 1. The van der Waals surface area contributed by atoms with E-state index < -0.39 is 39.3 Å². The lowest BCUT2D eigenvalue weighted by Gasteiger charge is -2.28. The minimum Gasteiger partial charge on any atom is -0.618 e. The Bertz CT molecular complexity index is 1030. The van der Waals surface area contributed by atoms with Gasteiger partial charge in [-0.15, -0.1) is 0 Å². The van der Waals surface area contributed by atoms with Crippen molar-refractivity contribution < 1.29 is 27.8 Å². The van der Waals surface area contributed by atoms with Crippen LogP contribution in [0.25, 0.3) is 0 Å². The lowest BCUT2D eigenvalue weighted by molar-refractivity contribution is -0.646. The van der Waals surface area contributed by atoms with E-state index in [9.17, 15) is 28.3 Å². The molecule has 208 valence electrons. The van der Waals surface area contributed by atoms with Gasteiger partial charge in [0.2, 0.25) is 11.8 Å². The molecule has 11 heteroatoms. The molecule has 2 aliphatic rings. The highest BCUT2D eigenvalue weighted by Crippen LogP contribution is 2.27. The maximum absolute atomic E-state index is 13.2. The number of β-amino-alcohol motifs (C(OH)–C–C–N with tert-alkyl or cyclic N) is 1. The van der Waals surface area contributed by atoms with Crippen molar-refractivity contribution in [3.8, 4) is 0 Å². The summed E-state index contributed by atoms with van der Waals surface area (Å²) in [5, 5.41) is 28.4. The van der Waals surface area contributed by atoms with Crippen molar-refractivity contribution in [2.24, 2.45) is 11.8 Å². The second-order valence-electron chi connectivity index (χ2n) is 11.0. The number of amides is 2. The summed E-state index contributed by atoms with van der Waals surface area (Å²) in [5.74, 6) is 0.00933. The quantitative estimate of drug-likeness (QED) is 0.323. The van der Waals surface area contributed by atoms with Crippen molar-refractivity contribution in [2.75, 3.05) is 6.54 Å². The lowest BCUT2D eigenvalue weighted by Crippen LogP contribution is -2.54. The molecule has 1 aromatic heterocycles. The number of carbonyl (C=O) groups is 2.